The Kier molecular flexibility index (Phi) is 13.3. The van der Waals surface area contributed by atoms with Gasteiger partial charge in [-0.3, -0.25) is 19.6 Å². The molecule has 4 aromatic carbocycles. The fourth-order valence-corrected chi connectivity index (χ4v) is 10.1. The van der Waals surface area contributed by atoms with Gasteiger partial charge in [-0.2, -0.15) is 0 Å². The summed E-state index contributed by atoms with van der Waals surface area (Å²) in [5.74, 6) is -0.617. The highest BCUT2D eigenvalue weighted by Gasteiger charge is 2.52. The van der Waals surface area contributed by atoms with Gasteiger partial charge < -0.3 is 30.0 Å². The molecule has 0 atom stereocenters. The van der Waals surface area contributed by atoms with Gasteiger partial charge in [0.1, 0.15) is 11.5 Å². The molecule has 14 heteroatoms. The van der Waals surface area contributed by atoms with Crippen LogP contribution in [-0.4, -0.2) is 112 Å². The highest BCUT2D eigenvalue weighted by Crippen LogP contribution is 2.48. The van der Waals surface area contributed by atoms with E-state index < -0.39 is 18.5 Å². The molecule has 0 unspecified atom stereocenters. The zero-order valence-corrected chi connectivity index (χ0v) is 37.0. The molecule has 2 aliphatic heterocycles. The average Bonchev–Trinajstić information content (AvgIpc) is 3.80. The Labute approximate surface area is 370 Å². The zero-order chi connectivity index (χ0) is 44.8. The highest BCUT2D eigenvalue weighted by atomic mass is 16.6. The van der Waals surface area contributed by atoms with Crippen LogP contribution in [0.5, 0.6) is 11.5 Å². The van der Waals surface area contributed by atoms with E-state index in [9.17, 15) is 19.2 Å². The first-order chi connectivity index (χ1) is 30.2. The van der Waals surface area contributed by atoms with Crippen LogP contribution in [0, 0.1) is 0 Å². The van der Waals surface area contributed by atoms with E-state index in [1.54, 1.807) is 34.1 Å². The first kappa shape index (κ1) is 44.9. The number of carboxylic acids is 1. The number of amides is 4. The number of hydrogen-bond donors (Lipinski definition) is 3. The molecule has 2 aliphatic carbocycles. The Hall–Kier alpha value is -6.12. The third-order valence-corrected chi connectivity index (χ3v) is 13.8. The van der Waals surface area contributed by atoms with Gasteiger partial charge >= 0.3 is 24.0 Å². The lowest BCUT2D eigenvalue weighted by Gasteiger charge is -2.48. The topological polar surface area (TPSA) is 153 Å². The first-order valence-electron chi connectivity index (χ1n) is 21.6. The Morgan fingerprint density at radius 1 is 0.571 bits per heavy atom. The van der Waals surface area contributed by atoms with E-state index in [-0.39, 0.29) is 40.8 Å². The predicted octanol–water partition coefficient (Wildman–Crippen LogP) is 6.99. The Balaban J connectivity index is 0.000000189. The summed E-state index contributed by atoms with van der Waals surface area (Å²) in [6.45, 7) is 0.469. The third-order valence-electron chi connectivity index (χ3n) is 13.8. The van der Waals surface area contributed by atoms with Crippen LogP contribution in [0.4, 0.5) is 21.0 Å². The van der Waals surface area contributed by atoms with Crippen molar-refractivity contribution < 1.29 is 38.5 Å². The van der Waals surface area contributed by atoms with Crippen molar-refractivity contribution in [2.45, 2.75) is 73.5 Å². The van der Waals surface area contributed by atoms with E-state index in [0.717, 1.165) is 51.4 Å². The van der Waals surface area contributed by atoms with Gasteiger partial charge in [0, 0.05) is 11.1 Å². The number of nitrogens with zero attached hydrogens (tertiary/aromatic N) is 4. The number of hydrogen-bond acceptors (Lipinski definition) is 9. The van der Waals surface area contributed by atoms with Crippen LogP contribution in [0.3, 0.4) is 0 Å². The molecule has 4 aliphatic rings. The lowest BCUT2D eigenvalue weighted by atomic mass is 9.69. The minimum absolute atomic E-state index is 0.0355. The van der Waals surface area contributed by atoms with Gasteiger partial charge in [-0.05, 0) is 115 Å². The molecule has 0 radical (unpaired) electrons. The molecule has 8 rings (SSSR count). The van der Waals surface area contributed by atoms with Crippen molar-refractivity contribution in [3.8, 4) is 11.5 Å². The summed E-state index contributed by atoms with van der Waals surface area (Å²) in [6, 6.07) is 35.3. The second-order valence-electron chi connectivity index (χ2n) is 17.7. The van der Waals surface area contributed by atoms with E-state index in [0.29, 0.717) is 36.0 Å². The molecule has 2 heterocycles. The van der Waals surface area contributed by atoms with Crippen molar-refractivity contribution in [1.29, 1.82) is 0 Å². The predicted molar refractivity (Wildman–Crippen MR) is 241 cm³/mol. The standard InChI is InChI=1S/C25H31N3O4.C24H29N3O4/c1-27(2)25(19-9-5-4-6-10-19)15-13-24(14-16-25)18-28(23(30)26-24)20-11-7-8-12-21(20)32-17-22(29)31-3;1-26(2)24(18-8-4-3-5-9-18)14-12-23(13-15-24)17-27(22(30)25-23)19-10-6-7-11-20(19)31-16-21(28)29/h4-12H,13-18H2,1-3H3,(H,26,30);3-11H,12-17H2,1-2H3,(H,25,30)(H,28,29). The average molecular weight is 861 g/mol. The van der Waals surface area contributed by atoms with Gasteiger partial charge in [0.05, 0.1) is 42.7 Å². The van der Waals surface area contributed by atoms with E-state index in [4.69, 9.17) is 14.6 Å². The summed E-state index contributed by atoms with van der Waals surface area (Å²) in [5, 5.41) is 15.5. The summed E-state index contributed by atoms with van der Waals surface area (Å²) < 4.78 is 15.7. The van der Waals surface area contributed by atoms with E-state index >= 15 is 0 Å². The number of methoxy groups -OCH3 is 1. The molecule has 2 saturated heterocycles. The van der Waals surface area contributed by atoms with E-state index in [1.807, 2.05) is 36.4 Å². The number of ether oxygens (including phenoxy) is 3. The second kappa shape index (κ2) is 18.7. The number of anilines is 2. The maximum Gasteiger partial charge on any atom is 0.343 e. The van der Waals surface area contributed by atoms with Crippen molar-refractivity contribution in [2.24, 2.45) is 0 Å². The van der Waals surface area contributed by atoms with Crippen molar-refractivity contribution >= 4 is 35.4 Å². The quantitative estimate of drug-likeness (QED) is 0.127. The molecule has 2 spiro atoms. The third kappa shape index (κ3) is 9.33. The van der Waals surface area contributed by atoms with Crippen LogP contribution in [0.15, 0.2) is 109 Å². The molecule has 14 nitrogen and oxygen atoms in total. The molecule has 334 valence electrons. The van der Waals surface area contributed by atoms with E-state index in [1.165, 1.54) is 18.2 Å². The fraction of sp³-hybridized carbons (Fsp3) is 0.429. The number of rotatable bonds is 12. The second-order valence-corrected chi connectivity index (χ2v) is 17.7. The summed E-state index contributed by atoms with van der Waals surface area (Å²) >= 11 is 0. The maximum absolute atomic E-state index is 13.0. The number of urea groups is 2. The van der Waals surface area contributed by atoms with Crippen molar-refractivity contribution in [1.82, 2.24) is 20.4 Å². The van der Waals surface area contributed by atoms with Gasteiger partial charge in [0.2, 0.25) is 0 Å². The summed E-state index contributed by atoms with van der Waals surface area (Å²) in [7, 11) is 9.85. The van der Waals surface area contributed by atoms with Gasteiger partial charge in [0.15, 0.2) is 13.2 Å². The molecule has 2 saturated carbocycles. The number of esters is 1. The molecule has 0 bridgehead atoms. The molecule has 4 amide bonds. The molecular formula is C49H60N6O8. The number of para-hydroxylation sites is 4. The van der Waals surface area contributed by atoms with Crippen molar-refractivity contribution in [2.75, 3.05) is 71.4 Å². The van der Waals surface area contributed by atoms with E-state index in [2.05, 4.69) is 102 Å². The van der Waals surface area contributed by atoms with Crippen molar-refractivity contribution in [3.63, 3.8) is 0 Å². The normalized spacial score (nSPS) is 25.4. The minimum Gasteiger partial charge on any atom is -0.480 e. The lowest BCUT2D eigenvalue weighted by molar-refractivity contribution is -0.143. The summed E-state index contributed by atoms with van der Waals surface area (Å²) in [5.41, 5.74) is 3.24. The van der Waals surface area contributed by atoms with Crippen LogP contribution in [0.25, 0.3) is 0 Å². The van der Waals surface area contributed by atoms with Crippen molar-refractivity contribution in [3.05, 3.63) is 120 Å². The first-order valence-corrected chi connectivity index (χ1v) is 21.6. The minimum atomic E-state index is -1.05. The molecule has 4 aromatic rings. The monoisotopic (exact) mass is 860 g/mol. The molecule has 0 aromatic heterocycles. The zero-order valence-electron chi connectivity index (χ0n) is 37.0. The number of carbonyl (C=O) groups is 4. The molecule has 4 fully saturated rings. The van der Waals surface area contributed by atoms with Crippen LogP contribution in [-0.2, 0) is 25.4 Å². The number of benzene rings is 4. The number of carbonyl (C=O) groups excluding carboxylic acids is 3. The summed E-state index contributed by atoms with van der Waals surface area (Å²) in [6.07, 6.45) is 7.28. The Morgan fingerprint density at radius 2 is 0.937 bits per heavy atom. The largest absolute Gasteiger partial charge is 0.480 e. The number of carboxylic acid groups (broad SMARTS) is 1. The number of nitrogens with one attached hydrogen (secondary N) is 2. The Bertz CT molecular complexity index is 2240. The SMILES string of the molecule is CN(C)C1(c2ccccc2)CCC2(CC1)CN(c1ccccc1OCC(=O)O)C(=O)N2.COC(=O)COc1ccccc1N1CC2(CCC(c3ccccc3)(N(C)C)CC2)NC1=O. The fourth-order valence-electron chi connectivity index (χ4n) is 10.1. The van der Waals surface area contributed by atoms with Crippen LogP contribution in [0.2, 0.25) is 0 Å². The van der Waals surface area contributed by atoms with Crippen LogP contribution < -0.4 is 29.9 Å². The maximum atomic E-state index is 13.0. The lowest BCUT2D eigenvalue weighted by Crippen LogP contribution is -2.54. The number of aliphatic carboxylic acids is 1. The van der Waals surface area contributed by atoms with Gasteiger partial charge in [0.25, 0.3) is 0 Å². The van der Waals surface area contributed by atoms with Gasteiger partial charge in [-0.15, -0.1) is 0 Å². The smallest absolute Gasteiger partial charge is 0.343 e. The van der Waals surface area contributed by atoms with Gasteiger partial charge in [-0.25, -0.2) is 19.2 Å². The molecule has 3 N–H and O–H groups in total. The Morgan fingerprint density at radius 3 is 1.30 bits per heavy atom. The molecule has 63 heavy (non-hydrogen) atoms. The van der Waals surface area contributed by atoms with Gasteiger partial charge in [-0.1, -0.05) is 84.9 Å². The summed E-state index contributed by atoms with van der Waals surface area (Å²) in [4.78, 5) is 56.4. The highest BCUT2D eigenvalue weighted by molar-refractivity contribution is 5.97. The molecular weight excluding hydrogens is 801 g/mol. The van der Waals surface area contributed by atoms with Crippen LogP contribution in [0.1, 0.15) is 62.5 Å². The van der Waals surface area contributed by atoms with Crippen LogP contribution >= 0.6 is 0 Å².